The van der Waals surface area contributed by atoms with Crippen LogP contribution < -0.4 is 5.32 Å². The van der Waals surface area contributed by atoms with Gasteiger partial charge in [0.2, 0.25) is 11.8 Å². The van der Waals surface area contributed by atoms with Crippen LogP contribution in [0.15, 0.2) is 18.3 Å². The largest absolute Gasteiger partial charge is 0.340 e. The Balaban J connectivity index is 1.86. The van der Waals surface area contributed by atoms with E-state index in [0.29, 0.717) is 11.7 Å². The molecule has 106 valence electrons. The van der Waals surface area contributed by atoms with Crippen molar-refractivity contribution in [2.75, 3.05) is 6.54 Å². The summed E-state index contributed by atoms with van der Waals surface area (Å²) in [6, 6.07) is 3.34. The van der Waals surface area contributed by atoms with E-state index in [9.17, 15) is 14.4 Å². The van der Waals surface area contributed by atoms with Crippen molar-refractivity contribution >= 4 is 17.7 Å². The molecule has 6 heteroatoms. The molecule has 20 heavy (non-hydrogen) atoms. The Morgan fingerprint density at radius 1 is 1.35 bits per heavy atom. The monoisotopic (exact) mass is 275 g/mol. The van der Waals surface area contributed by atoms with Crippen molar-refractivity contribution < 1.29 is 14.4 Å². The lowest BCUT2D eigenvalue weighted by Gasteiger charge is -2.34. The zero-order valence-electron chi connectivity index (χ0n) is 11.3. The molecular weight excluding hydrogens is 258 g/mol. The summed E-state index contributed by atoms with van der Waals surface area (Å²) in [6.07, 6.45) is 5.22. The Labute approximate surface area is 116 Å². The minimum atomic E-state index is -0.620. The summed E-state index contributed by atoms with van der Waals surface area (Å²) in [6.45, 7) is 1.57. The van der Waals surface area contributed by atoms with Gasteiger partial charge in [0.25, 0.3) is 5.91 Å². The van der Waals surface area contributed by atoms with Crippen LogP contribution >= 0.6 is 0 Å². The highest BCUT2D eigenvalue weighted by Gasteiger charge is 2.35. The van der Waals surface area contributed by atoms with E-state index >= 15 is 0 Å². The number of rotatable bonds is 2. The van der Waals surface area contributed by atoms with Gasteiger partial charge in [-0.05, 0) is 38.3 Å². The van der Waals surface area contributed by atoms with E-state index in [1.807, 2.05) is 16.8 Å². The molecule has 0 spiro atoms. The second-order valence-electron chi connectivity index (χ2n) is 5.41. The molecule has 3 rings (SSSR count). The average molecular weight is 275 g/mol. The maximum atomic E-state index is 12.6. The Kier molecular flexibility index (Phi) is 3.08. The average Bonchev–Trinajstić information content (AvgIpc) is 2.79. The van der Waals surface area contributed by atoms with Gasteiger partial charge in [-0.25, -0.2) is 0 Å². The molecule has 1 aromatic rings. The van der Waals surface area contributed by atoms with Crippen molar-refractivity contribution in [3.8, 4) is 0 Å². The zero-order chi connectivity index (χ0) is 14.3. The minimum absolute atomic E-state index is 0.0679. The van der Waals surface area contributed by atoms with Gasteiger partial charge in [0.1, 0.15) is 18.3 Å². The van der Waals surface area contributed by atoms with Gasteiger partial charge >= 0.3 is 0 Å². The fourth-order valence-corrected chi connectivity index (χ4v) is 2.67. The number of carbonyl (C=O) groups excluding carboxylic acids is 3. The lowest BCUT2D eigenvalue weighted by Crippen LogP contribution is -2.58. The van der Waals surface area contributed by atoms with E-state index in [1.165, 1.54) is 11.3 Å². The fraction of sp³-hybridized carbons (Fsp3) is 0.500. The van der Waals surface area contributed by atoms with Gasteiger partial charge in [-0.1, -0.05) is 0 Å². The van der Waals surface area contributed by atoms with Gasteiger partial charge in [-0.3, -0.25) is 19.7 Å². The van der Waals surface area contributed by atoms with Crippen LogP contribution in [0.2, 0.25) is 0 Å². The first-order valence-electron chi connectivity index (χ1n) is 6.89. The van der Waals surface area contributed by atoms with Crippen molar-refractivity contribution in [2.24, 2.45) is 0 Å². The summed E-state index contributed by atoms with van der Waals surface area (Å²) in [5, 5.41) is 2.24. The van der Waals surface area contributed by atoms with Gasteiger partial charge in [0.05, 0.1) is 0 Å². The number of nitrogens with one attached hydrogen (secondary N) is 1. The Morgan fingerprint density at radius 2 is 2.10 bits per heavy atom. The molecule has 2 aliphatic rings. The standard InChI is InChI=1S/C14H17N3O3/c1-9-13(19)15-12(18)8-17(9)14(20)11-6-3-7-16(11)10-4-2-5-10/h3,6-7,9-10H,2,4-5,8H2,1H3,(H,15,18,19). The van der Waals surface area contributed by atoms with Crippen LogP contribution in [-0.4, -0.2) is 39.8 Å². The summed E-state index contributed by atoms with van der Waals surface area (Å²) >= 11 is 0. The Bertz CT molecular complexity index is 574. The normalized spacial score (nSPS) is 23.4. The number of piperazine rings is 1. The molecule has 1 saturated heterocycles. The highest BCUT2D eigenvalue weighted by Crippen LogP contribution is 2.33. The van der Waals surface area contributed by atoms with Crippen molar-refractivity contribution in [2.45, 2.75) is 38.3 Å². The fourth-order valence-electron chi connectivity index (χ4n) is 2.67. The van der Waals surface area contributed by atoms with Gasteiger partial charge in [-0.2, -0.15) is 0 Å². The quantitative estimate of drug-likeness (QED) is 0.808. The third-order valence-electron chi connectivity index (χ3n) is 4.15. The Morgan fingerprint density at radius 3 is 2.75 bits per heavy atom. The topological polar surface area (TPSA) is 71.4 Å². The van der Waals surface area contributed by atoms with Crippen molar-refractivity contribution in [1.82, 2.24) is 14.8 Å². The molecule has 1 aliphatic carbocycles. The maximum absolute atomic E-state index is 12.6. The second-order valence-corrected chi connectivity index (χ2v) is 5.41. The first-order chi connectivity index (χ1) is 9.58. The highest BCUT2D eigenvalue weighted by molar-refractivity contribution is 6.06. The first kappa shape index (κ1) is 12.9. The van der Waals surface area contributed by atoms with Gasteiger partial charge in [0.15, 0.2) is 0 Å². The number of hydrogen-bond donors (Lipinski definition) is 1. The molecular formula is C14H17N3O3. The van der Waals surface area contributed by atoms with Crippen LogP contribution in [0.5, 0.6) is 0 Å². The molecule has 1 unspecified atom stereocenters. The van der Waals surface area contributed by atoms with Gasteiger partial charge in [-0.15, -0.1) is 0 Å². The van der Waals surface area contributed by atoms with E-state index < -0.39 is 17.9 Å². The lowest BCUT2D eigenvalue weighted by atomic mass is 9.93. The van der Waals surface area contributed by atoms with Crippen LogP contribution in [-0.2, 0) is 9.59 Å². The molecule has 1 aliphatic heterocycles. The predicted octanol–water partition coefficient (Wildman–Crippen LogP) is 0.700. The van der Waals surface area contributed by atoms with Crippen molar-refractivity contribution in [3.05, 3.63) is 24.0 Å². The molecule has 1 N–H and O–H groups in total. The molecule has 6 nitrogen and oxygen atoms in total. The molecule has 0 aromatic carbocycles. The van der Waals surface area contributed by atoms with Crippen LogP contribution in [0, 0.1) is 0 Å². The SMILES string of the molecule is CC1C(=O)NC(=O)CN1C(=O)c1cccn1C1CCC1. The summed E-state index contributed by atoms with van der Waals surface area (Å²) < 4.78 is 1.97. The van der Waals surface area contributed by atoms with E-state index in [2.05, 4.69) is 5.32 Å². The highest BCUT2D eigenvalue weighted by atomic mass is 16.2. The minimum Gasteiger partial charge on any atom is -0.340 e. The van der Waals surface area contributed by atoms with Gasteiger partial charge in [0, 0.05) is 12.2 Å². The lowest BCUT2D eigenvalue weighted by molar-refractivity contribution is -0.138. The molecule has 1 saturated carbocycles. The van der Waals surface area contributed by atoms with E-state index in [4.69, 9.17) is 0 Å². The maximum Gasteiger partial charge on any atom is 0.271 e. The first-order valence-corrected chi connectivity index (χ1v) is 6.89. The Hall–Kier alpha value is -2.11. The van der Waals surface area contributed by atoms with Crippen molar-refractivity contribution in [3.63, 3.8) is 0 Å². The summed E-state index contributed by atoms with van der Waals surface area (Å²) in [7, 11) is 0. The smallest absolute Gasteiger partial charge is 0.271 e. The molecule has 1 atom stereocenters. The van der Waals surface area contributed by atoms with Crippen LogP contribution in [0.3, 0.4) is 0 Å². The molecule has 0 radical (unpaired) electrons. The third-order valence-corrected chi connectivity index (χ3v) is 4.15. The van der Waals surface area contributed by atoms with Gasteiger partial charge < -0.3 is 9.47 Å². The summed E-state index contributed by atoms with van der Waals surface area (Å²) in [4.78, 5) is 37.0. The number of aromatic nitrogens is 1. The third kappa shape index (κ3) is 2.01. The van der Waals surface area contributed by atoms with E-state index in [-0.39, 0.29) is 12.5 Å². The molecule has 2 heterocycles. The number of amides is 3. The number of hydrogen-bond acceptors (Lipinski definition) is 3. The predicted molar refractivity (Wildman–Crippen MR) is 71.0 cm³/mol. The summed E-state index contributed by atoms with van der Waals surface area (Å²) in [5.41, 5.74) is 0.559. The van der Waals surface area contributed by atoms with E-state index in [0.717, 1.165) is 12.8 Å². The van der Waals surface area contributed by atoms with Crippen molar-refractivity contribution in [1.29, 1.82) is 0 Å². The molecule has 3 amide bonds. The van der Waals surface area contributed by atoms with Crippen LogP contribution in [0.4, 0.5) is 0 Å². The van der Waals surface area contributed by atoms with Crippen LogP contribution in [0.1, 0.15) is 42.7 Å². The second kappa shape index (κ2) is 4.77. The molecule has 2 fully saturated rings. The van der Waals surface area contributed by atoms with Crippen LogP contribution in [0.25, 0.3) is 0 Å². The van der Waals surface area contributed by atoms with E-state index in [1.54, 1.807) is 13.0 Å². The zero-order valence-corrected chi connectivity index (χ0v) is 11.3. The number of imide groups is 1. The molecule has 0 bridgehead atoms. The number of carbonyl (C=O) groups is 3. The molecule has 1 aromatic heterocycles. The summed E-state index contributed by atoms with van der Waals surface area (Å²) in [5.74, 6) is -1.10. The number of nitrogens with zero attached hydrogens (tertiary/aromatic N) is 2.